The predicted octanol–water partition coefficient (Wildman–Crippen LogP) is 2.57. The highest BCUT2D eigenvalue weighted by Gasteiger charge is 2.16. The van der Waals surface area contributed by atoms with E-state index in [1.807, 2.05) is 0 Å². The third-order valence-corrected chi connectivity index (χ3v) is 2.44. The van der Waals surface area contributed by atoms with E-state index < -0.39 is 10.9 Å². The van der Waals surface area contributed by atoms with Crippen molar-refractivity contribution in [2.45, 2.75) is 0 Å². The molecule has 0 amide bonds. The van der Waals surface area contributed by atoms with E-state index in [0.717, 1.165) is 0 Å². The molecule has 1 aromatic carbocycles. The molecule has 0 atom stereocenters. The minimum atomic E-state index is -0.578. The minimum absolute atomic E-state index is 0.108. The van der Waals surface area contributed by atoms with Gasteiger partial charge in [-0.1, -0.05) is 0 Å². The molecule has 0 spiro atoms. The summed E-state index contributed by atoms with van der Waals surface area (Å²) in [5.41, 5.74) is 0.125. The molecule has 0 aliphatic heterocycles. The van der Waals surface area contributed by atoms with Crippen LogP contribution in [-0.4, -0.2) is 23.0 Å². The summed E-state index contributed by atoms with van der Waals surface area (Å²) in [7, 11) is 1.28. The molecule has 0 fully saturated rings. The summed E-state index contributed by atoms with van der Waals surface area (Å²) in [6, 6.07) is 8.75. The number of esters is 1. The SMILES string of the molecule is COC(=O)c1ccc(Oc2ncccc2[N+](=O)[O-])cc1. The van der Waals surface area contributed by atoms with Crippen LogP contribution in [-0.2, 0) is 4.74 Å². The Morgan fingerprint density at radius 3 is 2.55 bits per heavy atom. The fourth-order valence-electron chi connectivity index (χ4n) is 1.49. The third-order valence-electron chi connectivity index (χ3n) is 2.44. The first-order chi connectivity index (χ1) is 9.61. The zero-order valence-electron chi connectivity index (χ0n) is 10.5. The molecule has 0 aliphatic rings. The van der Waals surface area contributed by atoms with Crippen molar-refractivity contribution in [1.82, 2.24) is 4.98 Å². The quantitative estimate of drug-likeness (QED) is 0.483. The Bertz CT molecular complexity index is 639. The van der Waals surface area contributed by atoms with Crippen molar-refractivity contribution in [2.75, 3.05) is 7.11 Å². The molecule has 2 aromatic rings. The van der Waals surface area contributed by atoms with E-state index in [1.54, 1.807) is 0 Å². The van der Waals surface area contributed by atoms with Crippen LogP contribution >= 0.6 is 0 Å². The Morgan fingerprint density at radius 2 is 1.95 bits per heavy atom. The fourth-order valence-corrected chi connectivity index (χ4v) is 1.49. The summed E-state index contributed by atoms with van der Waals surface area (Å²) in [5.74, 6) is -0.247. The summed E-state index contributed by atoms with van der Waals surface area (Å²) in [5, 5.41) is 10.8. The fraction of sp³-hybridized carbons (Fsp3) is 0.0769. The van der Waals surface area contributed by atoms with Gasteiger partial charge in [0.25, 0.3) is 5.88 Å². The molecular weight excluding hydrogens is 264 g/mol. The Labute approximate surface area is 113 Å². The standard InChI is InChI=1S/C13H10N2O5/c1-19-13(16)9-4-6-10(7-5-9)20-12-11(15(17)18)3-2-8-14-12/h2-8H,1H3. The second-order valence-corrected chi connectivity index (χ2v) is 3.70. The van der Waals surface area contributed by atoms with Gasteiger partial charge < -0.3 is 9.47 Å². The van der Waals surface area contributed by atoms with E-state index >= 15 is 0 Å². The molecule has 7 heteroatoms. The van der Waals surface area contributed by atoms with Gasteiger partial charge in [-0.15, -0.1) is 0 Å². The maximum atomic E-state index is 11.3. The molecule has 7 nitrogen and oxygen atoms in total. The summed E-state index contributed by atoms with van der Waals surface area (Å²) in [6.45, 7) is 0. The number of methoxy groups -OCH3 is 1. The third kappa shape index (κ3) is 2.89. The highest BCUT2D eigenvalue weighted by Crippen LogP contribution is 2.28. The van der Waals surface area contributed by atoms with Gasteiger partial charge in [-0.2, -0.15) is 0 Å². The number of carbonyl (C=O) groups is 1. The van der Waals surface area contributed by atoms with Gasteiger partial charge in [-0.25, -0.2) is 9.78 Å². The zero-order valence-corrected chi connectivity index (χ0v) is 10.5. The number of nitrogens with zero attached hydrogens (tertiary/aromatic N) is 2. The van der Waals surface area contributed by atoms with Crippen molar-refractivity contribution in [3.63, 3.8) is 0 Å². The second kappa shape index (κ2) is 5.79. The van der Waals surface area contributed by atoms with Gasteiger partial charge in [0.1, 0.15) is 5.75 Å². The van der Waals surface area contributed by atoms with Crippen molar-refractivity contribution < 1.29 is 19.2 Å². The smallest absolute Gasteiger partial charge is 0.337 e. The number of aromatic nitrogens is 1. The van der Waals surface area contributed by atoms with Crippen molar-refractivity contribution >= 4 is 11.7 Å². The molecule has 1 aromatic heterocycles. The number of hydrogen-bond donors (Lipinski definition) is 0. The number of nitro groups is 1. The molecule has 1 heterocycles. The first-order valence-electron chi connectivity index (χ1n) is 5.57. The van der Waals surface area contributed by atoms with Crippen LogP contribution in [0.5, 0.6) is 11.6 Å². The predicted molar refractivity (Wildman–Crippen MR) is 68.7 cm³/mol. The summed E-state index contributed by atoms with van der Waals surface area (Å²) < 4.78 is 9.90. The Balaban J connectivity index is 2.23. The molecule has 0 bridgehead atoms. The lowest BCUT2D eigenvalue weighted by atomic mass is 10.2. The first kappa shape index (κ1) is 13.5. The Hall–Kier alpha value is -2.96. The van der Waals surface area contributed by atoms with E-state index in [1.165, 1.54) is 49.7 Å². The molecular formula is C13H10N2O5. The van der Waals surface area contributed by atoms with Crippen LogP contribution in [0.25, 0.3) is 0 Å². The van der Waals surface area contributed by atoms with Crippen LogP contribution in [0.3, 0.4) is 0 Å². The zero-order chi connectivity index (χ0) is 14.5. The Kier molecular flexibility index (Phi) is 3.90. The van der Waals surface area contributed by atoms with Crippen LogP contribution in [0, 0.1) is 10.1 Å². The second-order valence-electron chi connectivity index (χ2n) is 3.70. The number of hydrogen-bond acceptors (Lipinski definition) is 6. The van der Waals surface area contributed by atoms with E-state index in [4.69, 9.17) is 4.74 Å². The average Bonchev–Trinajstić information content (AvgIpc) is 2.47. The van der Waals surface area contributed by atoms with Crippen LogP contribution in [0.4, 0.5) is 5.69 Å². The number of carbonyl (C=O) groups excluding carboxylic acids is 1. The highest BCUT2D eigenvalue weighted by molar-refractivity contribution is 5.89. The maximum Gasteiger partial charge on any atom is 0.337 e. The lowest BCUT2D eigenvalue weighted by Gasteiger charge is -2.05. The molecule has 2 rings (SSSR count). The van der Waals surface area contributed by atoms with E-state index in [2.05, 4.69) is 9.72 Å². The van der Waals surface area contributed by atoms with Crippen LogP contribution in [0.2, 0.25) is 0 Å². The largest absolute Gasteiger partial charge is 0.465 e. The summed E-state index contributed by atoms with van der Waals surface area (Å²) >= 11 is 0. The topological polar surface area (TPSA) is 91.6 Å². The number of ether oxygens (including phenoxy) is 2. The van der Waals surface area contributed by atoms with Gasteiger partial charge >= 0.3 is 11.7 Å². The molecule has 0 N–H and O–H groups in total. The number of benzene rings is 1. The maximum absolute atomic E-state index is 11.3. The number of rotatable bonds is 4. The first-order valence-corrected chi connectivity index (χ1v) is 5.57. The van der Waals surface area contributed by atoms with Crippen molar-refractivity contribution in [3.8, 4) is 11.6 Å². The van der Waals surface area contributed by atoms with Gasteiger partial charge in [-0.3, -0.25) is 10.1 Å². The minimum Gasteiger partial charge on any atom is -0.465 e. The normalized spacial score (nSPS) is 9.85. The highest BCUT2D eigenvalue weighted by atomic mass is 16.6. The van der Waals surface area contributed by atoms with Gasteiger partial charge in [0.15, 0.2) is 0 Å². The van der Waals surface area contributed by atoms with Crippen molar-refractivity contribution in [1.29, 1.82) is 0 Å². The monoisotopic (exact) mass is 274 g/mol. The van der Waals surface area contributed by atoms with Crippen LogP contribution in [0.15, 0.2) is 42.6 Å². The van der Waals surface area contributed by atoms with Crippen molar-refractivity contribution in [2.24, 2.45) is 0 Å². The molecule has 0 saturated carbocycles. The molecule has 0 aliphatic carbocycles. The molecule has 0 saturated heterocycles. The van der Waals surface area contributed by atoms with Crippen LogP contribution < -0.4 is 4.74 Å². The van der Waals surface area contributed by atoms with E-state index in [9.17, 15) is 14.9 Å². The van der Waals surface area contributed by atoms with E-state index in [0.29, 0.717) is 11.3 Å². The van der Waals surface area contributed by atoms with Gasteiger partial charge in [-0.05, 0) is 30.3 Å². The van der Waals surface area contributed by atoms with Gasteiger partial charge in [0.05, 0.1) is 17.6 Å². The van der Waals surface area contributed by atoms with Gasteiger partial charge in [0, 0.05) is 12.3 Å². The summed E-state index contributed by atoms with van der Waals surface area (Å²) in [4.78, 5) is 25.3. The van der Waals surface area contributed by atoms with Crippen LogP contribution in [0.1, 0.15) is 10.4 Å². The molecule has 0 unspecified atom stereocenters. The van der Waals surface area contributed by atoms with E-state index in [-0.39, 0.29) is 11.6 Å². The molecule has 102 valence electrons. The van der Waals surface area contributed by atoms with Gasteiger partial charge in [0.2, 0.25) is 0 Å². The average molecular weight is 274 g/mol. The summed E-state index contributed by atoms with van der Waals surface area (Å²) in [6.07, 6.45) is 1.39. The molecule has 20 heavy (non-hydrogen) atoms. The number of pyridine rings is 1. The van der Waals surface area contributed by atoms with Crippen molar-refractivity contribution in [3.05, 3.63) is 58.3 Å². The lowest BCUT2D eigenvalue weighted by Crippen LogP contribution is -2.00. The molecule has 0 radical (unpaired) electrons. The Morgan fingerprint density at radius 1 is 1.25 bits per heavy atom. The lowest BCUT2D eigenvalue weighted by molar-refractivity contribution is -0.386.